The van der Waals surface area contributed by atoms with E-state index in [-0.39, 0.29) is 5.78 Å². The van der Waals surface area contributed by atoms with Gasteiger partial charge in [0.05, 0.1) is 7.11 Å². The molecule has 124 valence electrons. The van der Waals surface area contributed by atoms with Crippen LogP contribution in [0.4, 0.5) is 0 Å². The molecule has 8 heteroatoms. The van der Waals surface area contributed by atoms with Gasteiger partial charge in [-0.3, -0.25) is 19.7 Å². The van der Waals surface area contributed by atoms with Crippen molar-refractivity contribution in [3.63, 3.8) is 0 Å². The number of ketones is 1. The number of benzene rings is 1. The monoisotopic (exact) mass is 359 g/mol. The lowest BCUT2D eigenvalue weighted by molar-refractivity contribution is -0.489. The van der Waals surface area contributed by atoms with Crippen LogP contribution in [0.1, 0.15) is 24.3 Å². The number of nitrogens with zero attached hydrogens (tertiary/aromatic N) is 1. The Hall–Kier alpha value is -1.66. The van der Waals surface area contributed by atoms with E-state index in [9.17, 15) is 19.7 Å². The van der Waals surface area contributed by atoms with Crippen molar-refractivity contribution in [3.05, 3.63) is 43.9 Å². The van der Waals surface area contributed by atoms with Crippen molar-refractivity contribution >= 4 is 35.0 Å². The van der Waals surface area contributed by atoms with Crippen LogP contribution in [0, 0.1) is 22.0 Å². The van der Waals surface area contributed by atoms with Gasteiger partial charge in [0.1, 0.15) is 5.92 Å². The van der Waals surface area contributed by atoms with Gasteiger partial charge in [0.25, 0.3) is 0 Å². The van der Waals surface area contributed by atoms with Crippen molar-refractivity contribution in [3.8, 4) is 0 Å². The maximum absolute atomic E-state index is 12.7. The fourth-order valence-corrected chi connectivity index (χ4v) is 3.60. The van der Waals surface area contributed by atoms with Gasteiger partial charge in [-0.2, -0.15) is 0 Å². The summed E-state index contributed by atoms with van der Waals surface area (Å²) in [5, 5.41) is 11.6. The Labute approximate surface area is 142 Å². The lowest BCUT2D eigenvalue weighted by Crippen LogP contribution is -2.42. The summed E-state index contributed by atoms with van der Waals surface area (Å²) in [5.74, 6) is -3.52. The van der Waals surface area contributed by atoms with E-state index in [2.05, 4.69) is 4.74 Å². The van der Waals surface area contributed by atoms with Crippen molar-refractivity contribution in [1.82, 2.24) is 0 Å². The normalized spacial score (nSPS) is 24.3. The van der Waals surface area contributed by atoms with Gasteiger partial charge >= 0.3 is 5.97 Å². The van der Waals surface area contributed by atoms with Crippen molar-refractivity contribution in [1.29, 1.82) is 0 Å². The number of hydrogen-bond donors (Lipinski definition) is 0. The van der Waals surface area contributed by atoms with Crippen molar-refractivity contribution in [2.45, 2.75) is 18.8 Å². The zero-order chi connectivity index (χ0) is 17.1. The number of Topliss-reactive ketones (excluding diaryl/α,β-unsaturated/α-hetero) is 1. The van der Waals surface area contributed by atoms with E-state index in [0.29, 0.717) is 28.5 Å². The molecule has 1 saturated carbocycles. The van der Waals surface area contributed by atoms with Gasteiger partial charge in [-0.15, -0.1) is 0 Å². The fraction of sp³-hybridized carbons (Fsp3) is 0.467. The molecule has 0 aliphatic heterocycles. The Morgan fingerprint density at radius 3 is 2.65 bits per heavy atom. The fourth-order valence-electron chi connectivity index (χ4n) is 3.06. The van der Waals surface area contributed by atoms with Gasteiger partial charge < -0.3 is 4.74 Å². The van der Waals surface area contributed by atoms with E-state index in [1.165, 1.54) is 6.07 Å². The Balaban J connectivity index is 2.33. The molecule has 0 N–H and O–H groups in total. The van der Waals surface area contributed by atoms with Crippen LogP contribution in [0.2, 0.25) is 10.0 Å². The molecular formula is C15H15Cl2NO5. The zero-order valence-electron chi connectivity index (χ0n) is 12.3. The first kappa shape index (κ1) is 17.7. The molecule has 0 aromatic heterocycles. The maximum Gasteiger partial charge on any atom is 0.316 e. The summed E-state index contributed by atoms with van der Waals surface area (Å²) in [7, 11) is 1.16. The van der Waals surface area contributed by atoms with Gasteiger partial charge in [0.15, 0.2) is 5.78 Å². The molecule has 1 aromatic carbocycles. The third-order valence-corrected chi connectivity index (χ3v) is 4.69. The van der Waals surface area contributed by atoms with E-state index in [0.717, 1.165) is 7.11 Å². The van der Waals surface area contributed by atoms with Gasteiger partial charge in [0, 0.05) is 26.8 Å². The van der Waals surface area contributed by atoms with Crippen molar-refractivity contribution < 1.29 is 19.2 Å². The highest BCUT2D eigenvalue weighted by molar-refractivity contribution is 6.35. The Morgan fingerprint density at radius 1 is 1.39 bits per heavy atom. The number of esters is 1. The highest BCUT2D eigenvalue weighted by atomic mass is 35.5. The number of nitro groups is 1. The maximum atomic E-state index is 12.7. The van der Waals surface area contributed by atoms with Crippen LogP contribution in [0.25, 0.3) is 0 Å². The van der Waals surface area contributed by atoms with E-state index >= 15 is 0 Å². The first-order valence-electron chi connectivity index (χ1n) is 7.03. The number of carbonyl (C=O) groups is 2. The summed E-state index contributed by atoms with van der Waals surface area (Å²) in [5.41, 5.74) is 0.578. The van der Waals surface area contributed by atoms with E-state index in [1.807, 2.05) is 0 Å². The average molecular weight is 360 g/mol. The molecule has 2 rings (SSSR count). The number of carbonyl (C=O) groups excluding carboxylic acids is 2. The highest BCUT2D eigenvalue weighted by Gasteiger charge is 2.46. The molecule has 3 atom stereocenters. The third-order valence-electron chi connectivity index (χ3n) is 4.12. The summed E-state index contributed by atoms with van der Waals surface area (Å²) in [6.45, 7) is -0.438. The van der Waals surface area contributed by atoms with Crippen LogP contribution in [0.5, 0.6) is 0 Å². The van der Waals surface area contributed by atoms with Gasteiger partial charge in [0.2, 0.25) is 6.54 Å². The van der Waals surface area contributed by atoms with Crippen LogP contribution in [0.15, 0.2) is 18.2 Å². The van der Waals surface area contributed by atoms with Crippen LogP contribution in [0.3, 0.4) is 0 Å². The summed E-state index contributed by atoms with van der Waals surface area (Å²) in [6, 6.07) is 4.80. The number of rotatable bonds is 4. The molecule has 0 saturated heterocycles. The molecule has 0 bridgehead atoms. The van der Waals surface area contributed by atoms with E-state index < -0.39 is 35.2 Å². The van der Waals surface area contributed by atoms with E-state index in [4.69, 9.17) is 23.2 Å². The van der Waals surface area contributed by atoms with Crippen LogP contribution >= 0.6 is 23.2 Å². The summed E-state index contributed by atoms with van der Waals surface area (Å²) in [4.78, 5) is 35.0. The lowest BCUT2D eigenvalue weighted by atomic mass is 9.70. The van der Waals surface area contributed by atoms with E-state index in [1.54, 1.807) is 12.1 Å². The lowest BCUT2D eigenvalue weighted by Gasteiger charge is -2.31. The predicted molar refractivity (Wildman–Crippen MR) is 84.3 cm³/mol. The predicted octanol–water partition coefficient (Wildman–Crippen LogP) is 3.12. The minimum absolute atomic E-state index is 0.340. The summed E-state index contributed by atoms with van der Waals surface area (Å²) >= 11 is 12.0. The molecule has 6 nitrogen and oxygen atoms in total. The molecule has 0 heterocycles. The minimum Gasteiger partial charge on any atom is -0.468 e. The number of ether oxygens (including phenoxy) is 1. The third kappa shape index (κ3) is 3.82. The van der Waals surface area contributed by atoms with Gasteiger partial charge in [-0.1, -0.05) is 29.3 Å². The second-order valence-corrected chi connectivity index (χ2v) is 6.32. The standard InChI is InChI=1S/C15H15Cl2NO5/c1-23-15(20)13-8(7-18(21)22)2-4-11(14(13)19)10-5-3-9(16)6-12(10)17/h3,5-6,8,11,13H,2,4,7H2,1H3. The van der Waals surface area contributed by atoms with Crippen LogP contribution in [-0.4, -0.2) is 30.3 Å². The number of halogens is 2. The first-order valence-corrected chi connectivity index (χ1v) is 7.79. The molecule has 0 amide bonds. The van der Waals surface area contributed by atoms with Crippen molar-refractivity contribution in [2.75, 3.05) is 13.7 Å². The Morgan fingerprint density at radius 2 is 2.09 bits per heavy atom. The number of methoxy groups -OCH3 is 1. The summed E-state index contributed by atoms with van der Waals surface area (Å²) < 4.78 is 4.67. The largest absolute Gasteiger partial charge is 0.468 e. The van der Waals surface area contributed by atoms with Gasteiger partial charge in [-0.05, 0) is 30.5 Å². The second-order valence-electron chi connectivity index (χ2n) is 5.47. The highest BCUT2D eigenvalue weighted by Crippen LogP contribution is 2.40. The number of hydrogen-bond acceptors (Lipinski definition) is 5. The van der Waals surface area contributed by atoms with Crippen LogP contribution < -0.4 is 0 Å². The molecular weight excluding hydrogens is 345 g/mol. The zero-order valence-corrected chi connectivity index (χ0v) is 13.8. The second kappa shape index (κ2) is 7.27. The molecule has 1 aromatic rings. The SMILES string of the molecule is COC(=O)C1C(=O)C(c2ccc(Cl)cc2Cl)CCC1C[N+](=O)[O-]. The average Bonchev–Trinajstić information content (AvgIpc) is 2.47. The smallest absolute Gasteiger partial charge is 0.316 e. The summed E-state index contributed by atoms with van der Waals surface area (Å²) in [6.07, 6.45) is 0.766. The topological polar surface area (TPSA) is 86.5 Å². The molecule has 1 aliphatic rings. The first-order chi connectivity index (χ1) is 10.8. The Kier molecular flexibility index (Phi) is 5.59. The minimum atomic E-state index is -1.14. The van der Waals surface area contributed by atoms with Crippen LogP contribution in [-0.2, 0) is 14.3 Å². The molecule has 0 radical (unpaired) electrons. The van der Waals surface area contributed by atoms with Crippen molar-refractivity contribution in [2.24, 2.45) is 11.8 Å². The quantitative estimate of drug-likeness (QED) is 0.356. The molecule has 1 fully saturated rings. The molecule has 23 heavy (non-hydrogen) atoms. The molecule has 3 unspecified atom stereocenters. The molecule has 0 spiro atoms. The van der Waals surface area contributed by atoms with Gasteiger partial charge in [-0.25, -0.2) is 0 Å². The Bertz CT molecular complexity index is 649. The molecule has 1 aliphatic carbocycles.